The van der Waals surface area contributed by atoms with Crippen molar-refractivity contribution in [1.82, 2.24) is 0 Å². The lowest BCUT2D eigenvalue weighted by atomic mass is 10.2. The van der Waals surface area contributed by atoms with Gasteiger partial charge in [0.2, 0.25) is 10.0 Å². The number of ether oxygens (including phenoxy) is 2. The van der Waals surface area contributed by atoms with Crippen LogP contribution in [0.1, 0.15) is 5.56 Å². The molecule has 0 heterocycles. The van der Waals surface area contributed by atoms with Crippen molar-refractivity contribution in [3.63, 3.8) is 0 Å². The third kappa shape index (κ3) is 5.61. The fourth-order valence-corrected chi connectivity index (χ4v) is 4.44. The Morgan fingerprint density at radius 2 is 1.62 bits per heavy atom. The number of benzene rings is 3. The molecule has 0 aliphatic rings. The van der Waals surface area contributed by atoms with E-state index in [4.69, 9.17) is 14.6 Å². The summed E-state index contributed by atoms with van der Waals surface area (Å²) in [5.74, 6) is 0.106. The molecule has 7 nitrogen and oxygen atoms in total. The van der Waals surface area contributed by atoms with Crippen molar-refractivity contribution in [2.24, 2.45) is 5.14 Å². The highest BCUT2D eigenvalue weighted by molar-refractivity contribution is 7.89. The highest BCUT2D eigenvalue weighted by Crippen LogP contribution is 2.38. The molecule has 0 radical (unpaired) electrons. The molecule has 1 atom stereocenters. The second-order valence-electron chi connectivity index (χ2n) is 6.49. The van der Waals surface area contributed by atoms with E-state index >= 15 is 0 Å². The summed E-state index contributed by atoms with van der Waals surface area (Å²) >= 11 is 0. The summed E-state index contributed by atoms with van der Waals surface area (Å²) in [6.07, 6.45) is -4.65. The van der Waals surface area contributed by atoms with E-state index in [1.807, 2.05) is 0 Å². The number of nitrogens with two attached hydrogens (primary N) is 1. The van der Waals surface area contributed by atoms with Crippen LogP contribution in [0, 0.1) is 0 Å². The molecule has 0 amide bonds. The maximum atomic E-state index is 13.3. The molecule has 0 fully saturated rings. The third-order valence-electron chi connectivity index (χ3n) is 4.26. The molecular formula is C20H18F3N2O5PS. The minimum atomic E-state index is -4.65. The quantitative estimate of drug-likeness (QED) is 0.481. The zero-order chi connectivity index (χ0) is 23.5. The van der Waals surface area contributed by atoms with Gasteiger partial charge < -0.3 is 14.6 Å². The molecule has 12 heteroatoms. The van der Waals surface area contributed by atoms with Gasteiger partial charge in [0.15, 0.2) is 19.5 Å². The van der Waals surface area contributed by atoms with Crippen molar-refractivity contribution in [3.8, 4) is 17.2 Å². The van der Waals surface area contributed by atoms with E-state index in [0.717, 1.165) is 18.2 Å². The summed E-state index contributed by atoms with van der Waals surface area (Å²) < 4.78 is 86.6. The van der Waals surface area contributed by atoms with Gasteiger partial charge in [-0.15, -0.1) is 0 Å². The van der Waals surface area contributed by atoms with E-state index in [0.29, 0.717) is 0 Å². The lowest BCUT2D eigenvalue weighted by molar-refractivity contribution is -0.137. The number of alkyl halides is 3. The van der Waals surface area contributed by atoms with E-state index in [1.165, 1.54) is 37.4 Å². The number of hydrogen-bond donors (Lipinski definition) is 2. The van der Waals surface area contributed by atoms with Gasteiger partial charge in [-0.25, -0.2) is 13.6 Å². The Hall–Kier alpha value is -3.01. The SMILES string of the molecule is COc1ccccc1Oc1cc(C(F)(F)F)ccc1[PH](=O)Nc1cccc(S(N)(=O)=O)c1. The monoisotopic (exact) mass is 486 g/mol. The molecule has 170 valence electrons. The normalized spacial score (nSPS) is 12.8. The molecule has 0 saturated carbocycles. The van der Waals surface area contributed by atoms with E-state index in [9.17, 15) is 26.2 Å². The number of methoxy groups -OCH3 is 1. The van der Waals surface area contributed by atoms with Crippen LogP contribution in [-0.2, 0) is 20.8 Å². The molecule has 0 saturated heterocycles. The average molecular weight is 486 g/mol. The topological polar surface area (TPSA) is 108 Å². The van der Waals surface area contributed by atoms with Crippen molar-refractivity contribution in [2.45, 2.75) is 11.1 Å². The molecule has 3 rings (SSSR count). The van der Waals surface area contributed by atoms with Gasteiger partial charge in [0.25, 0.3) is 0 Å². The summed E-state index contributed by atoms with van der Waals surface area (Å²) in [6, 6.07) is 14.1. The molecule has 0 aromatic heterocycles. The molecule has 32 heavy (non-hydrogen) atoms. The predicted octanol–water partition coefficient (Wildman–Crippen LogP) is 4.37. The maximum absolute atomic E-state index is 13.3. The van der Waals surface area contributed by atoms with Gasteiger partial charge in [0, 0.05) is 5.69 Å². The Balaban J connectivity index is 2.01. The standard InChI is InChI=1S/C20H18F3N2O5PS/c1-29-16-7-2-3-8-17(16)30-18-11-13(20(21,22)23)9-10-19(18)31(26)25-14-5-4-6-15(12-14)32(24,27)28/h2-12,31H,1H3,(H,25,26)(H2,24,27,28). The fourth-order valence-electron chi connectivity index (χ4n) is 2.74. The molecular weight excluding hydrogens is 468 g/mol. The second-order valence-corrected chi connectivity index (χ2v) is 9.50. The first-order valence-electron chi connectivity index (χ1n) is 8.95. The summed E-state index contributed by atoms with van der Waals surface area (Å²) in [5, 5.41) is 7.68. The number of rotatable bonds is 7. The van der Waals surface area contributed by atoms with Crippen LogP contribution in [0.5, 0.6) is 17.2 Å². The zero-order valence-electron chi connectivity index (χ0n) is 16.5. The van der Waals surface area contributed by atoms with Gasteiger partial charge in [-0.05, 0) is 48.5 Å². The lowest BCUT2D eigenvalue weighted by Crippen LogP contribution is -2.13. The van der Waals surface area contributed by atoms with E-state index in [-0.39, 0.29) is 33.1 Å². The van der Waals surface area contributed by atoms with E-state index in [1.54, 1.807) is 18.2 Å². The second kappa shape index (κ2) is 9.23. The smallest absolute Gasteiger partial charge is 0.416 e. The molecule has 3 aromatic rings. The minimum absolute atomic E-state index is 0.0325. The average Bonchev–Trinajstić information content (AvgIpc) is 2.73. The van der Waals surface area contributed by atoms with Crippen molar-refractivity contribution in [1.29, 1.82) is 0 Å². The largest absolute Gasteiger partial charge is 0.493 e. The van der Waals surface area contributed by atoms with Gasteiger partial charge in [0.05, 0.1) is 22.9 Å². The Morgan fingerprint density at radius 1 is 0.938 bits per heavy atom. The summed E-state index contributed by atoms with van der Waals surface area (Å²) in [4.78, 5) is -0.213. The van der Waals surface area contributed by atoms with Crippen LogP contribution in [-0.4, -0.2) is 15.5 Å². The number of anilines is 1. The number of nitrogens with one attached hydrogen (secondary N) is 1. The molecule has 1 unspecified atom stereocenters. The van der Waals surface area contributed by atoms with Crippen LogP contribution < -0.4 is 25.0 Å². The van der Waals surface area contributed by atoms with Crippen LogP contribution in [0.2, 0.25) is 0 Å². The third-order valence-corrected chi connectivity index (χ3v) is 6.59. The van der Waals surface area contributed by atoms with Crippen LogP contribution in [0.25, 0.3) is 0 Å². The molecule has 0 bridgehead atoms. The summed E-state index contributed by atoms with van der Waals surface area (Å²) in [5.41, 5.74) is -0.833. The fraction of sp³-hybridized carbons (Fsp3) is 0.100. The summed E-state index contributed by atoms with van der Waals surface area (Å²) in [6.45, 7) is 0. The first-order chi connectivity index (χ1) is 15.0. The number of halogens is 3. The van der Waals surface area contributed by atoms with Gasteiger partial charge in [0.1, 0.15) is 5.75 Å². The minimum Gasteiger partial charge on any atom is -0.493 e. The Kier molecular flexibility index (Phi) is 6.82. The zero-order valence-corrected chi connectivity index (χ0v) is 18.3. The molecule has 0 aliphatic carbocycles. The Morgan fingerprint density at radius 3 is 2.25 bits per heavy atom. The predicted molar refractivity (Wildman–Crippen MR) is 115 cm³/mol. The van der Waals surface area contributed by atoms with Crippen LogP contribution in [0.4, 0.5) is 18.9 Å². The van der Waals surface area contributed by atoms with Gasteiger partial charge in [-0.2, -0.15) is 13.2 Å². The lowest BCUT2D eigenvalue weighted by Gasteiger charge is -2.16. The molecule has 3 aromatic carbocycles. The Labute approximate surface area is 182 Å². The first kappa shape index (κ1) is 23.6. The van der Waals surface area contributed by atoms with Gasteiger partial charge >= 0.3 is 6.18 Å². The van der Waals surface area contributed by atoms with Crippen molar-refractivity contribution in [2.75, 3.05) is 12.2 Å². The van der Waals surface area contributed by atoms with Crippen LogP contribution >= 0.6 is 7.95 Å². The van der Waals surface area contributed by atoms with Gasteiger partial charge in [-0.3, -0.25) is 4.57 Å². The van der Waals surface area contributed by atoms with E-state index in [2.05, 4.69) is 5.09 Å². The van der Waals surface area contributed by atoms with Crippen molar-refractivity contribution in [3.05, 3.63) is 72.3 Å². The molecule has 3 N–H and O–H groups in total. The molecule has 0 aliphatic heterocycles. The number of hydrogen-bond acceptors (Lipinski definition) is 5. The van der Waals surface area contributed by atoms with E-state index < -0.39 is 29.7 Å². The van der Waals surface area contributed by atoms with Crippen molar-refractivity contribution >= 4 is 29.0 Å². The highest BCUT2D eigenvalue weighted by Gasteiger charge is 2.32. The maximum Gasteiger partial charge on any atom is 0.416 e. The van der Waals surface area contributed by atoms with Crippen LogP contribution in [0.15, 0.2) is 71.6 Å². The number of primary sulfonamides is 1. The van der Waals surface area contributed by atoms with Crippen molar-refractivity contribution < 1.29 is 35.6 Å². The van der Waals surface area contributed by atoms with Gasteiger partial charge in [-0.1, -0.05) is 18.2 Å². The van der Waals surface area contributed by atoms with Crippen LogP contribution in [0.3, 0.4) is 0 Å². The first-order valence-corrected chi connectivity index (χ1v) is 11.9. The number of para-hydroxylation sites is 2. The highest BCUT2D eigenvalue weighted by atomic mass is 32.2. The Bertz CT molecular complexity index is 1270. The number of sulfonamides is 1. The summed E-state index contributed by atoms with van der Waals surface area (Å²) in [7, 11) is -5.60. The molecule has 0 spiro atoms.